The molecule has 0 saturated carbocycles. The molecule has 96 valence electrons. The minimum absolute atomic E-state index is 0.776. The monoisotopic (exact) mass is 234 g/mol. The highest BCUT2D eigenvalue weighted by Crippen LogP contribution is 2.14. The molecule has 0 aliphatic rings. The Labute approximate surface area is 106 Å². The summed E-state index contributed by atoms with van der Waals surface area (Å²) in [6.45, 7) is 5.26. The Morgan fingerprint density at radius 3 is 2.29 bits per heavy atom. The Morgan fingerprint density at radius 2 is 1.65 bits per heavy atom. The summed E-state index contributed by atoms with van der Waals surface area (Å²) in [5, 5.41) is 0. The van der Waals surface area contributed by atoms with Crippen molar-refractivity contribution in [1.29, 1.82) is 0 Å². The minimum atomic E-state index is 0.776. The van der Waals surface area contributed by atoms with E-state index in [1.165, 1.54) is 31.4 Å². The minimum Gasteiger partial charge on any atom is -0.371 e. The molecule has 0 saturated heterocycles. The maximum absolute atomic E-state index is 5.60. The van der Waals surface area contributed by atoms with Gasteiger partial charge < -0.3 is 10.6 Å². The standard InChI is InChI=1S/C15H26N2/c1-2-3-4-8-13-17(14-9-12-16)15-10-6-5-7-11-15/h5-7,10-11H,2-4,8-9,12-14,16H2,1H3. The highest BCUT2D eigenvalue weighted by molar-refractivity contribution is 5.45. The second-order valence-corrected chi connectivity index (χ2v) is 4.53. The van der Waals surface area contributed by atoms with Crippen LogP contribution in [-0.2, 0) is 0 Å². The molecule has 2 N–H and O–H groups in total. The zero-order chi connectivity index (χ0) is 12.3. The van der Waals surface area contributed by atoms with Gasteiger partial charge in [0.25, 0.3) is 0 Å². The first-order chi connectivity index (χ1) is 8.38. The van der Waals surface area contributed by atoms with E-state index < -0.39 is 0 Å². The highest BCUT2D eigenvalue weighted by Gasteiger charge is 2.04. The third kappa shape index (κ3) is 5.73. The number of hydrogen-bond acceptors (Lipinski definition) is 2. The van der Waals surface area contributed by atoms with Gasteiger partial charge in [-0.05, 0) is 31.5 Å². The first kappa shape index (κ1) is 14.0. The van der Waals surface area contributed by atoms with Crippen LogP contribution in [-0.4, -0.2) is 19.6 Å². The maximum atomic E-state index is 5.60. The number of hydrogen-bond donors (Lipinski definition) is 1. The fourth-order valence-corrected chi connectivity index (χ4v) is 2.02. The molecule has 0 aliphatic heterocycles. The molecule has 17 heavy (non-hydrogen) atoms. The van der Waals surface area contributed by atoms with Crippen molar-refractivity contribution in [2.45, 2.75) is 39.0 Å². The molecule has 1 aromatic carbocycles. The molecule has 0 fully saturated rings. The largest absolute Gasteiger partial charge is 0.371 e. The third-order valence-electron chi connectivity index (χ3n) is 3.04. The SMILES string of the molecule is CCCCCCN(CCCN)c1ccccc1. The molecule has 0 aromatic heterocycles. The molecule has 0 spiro atoms. The van der Waals surface area contributed by atoms with Gasteiger partial charge in [0.1, 0.15) is 0 Å². The second-order valence-electron chi connectivity index (χ2n) is 4.53. The molecule has 0 bridgehead atoms. The smallest absolute Gasteiger partial charge is 0.0366 e. The van der Waals surface area contributed by atoms with Gasteiger partial charge in [0.05, 0.1) is 0 Å². The average Bonchev–Trinajstić information content (AvgIpc) is 2.39. The van der Waals surface area contributed by atoms with E-state index in [0.29, 0.717) is 0 Å². The van der Waals surface area contributed by atoms with Gasteiger partial charge in [0.2, 0.25) is 0 Å². The van der Waals surface area contributed by atoms with Crippen molar-refractivity contribution in [3.05, 3.63) is 30.3 Å². The molecular weight excluding hydrogens is 208 g/mol. The first-order valence-corrected chi connectivity index (χ1v) is 6.88. The lowest BCUT2D eigenvalue weighted by atomic mass is 10.2. The van der Waals surface area contributed by atoms with Gasteiger partial charge in [-0.2, -0.15) is 0 Å². The Morgan fingerprint density at radius 1 is 0.941 bits per heavy atom. The van der Waals surface area contributed by atoms with Crippen LogP contribution in [0.1, 0.15) is 39.0 Å². The lowest BCUT2D eigenvalue weighted by Gasteiger charge is -2.24. The summed E-state index contributed by atoms with van der Waals surface area (Å²) in [5.41, 5.74) is 6.94. The van der Waals surface area contributed by atoms with Crippen LogP contribution in [0, 0.1) is 0 Å². The second kappa shape index (κ2) is 9.06. The molecule has 1 rings (SSSR count). The first-order valence-electron chi connectivity index (χ1n) is 6.88. The van der Waals surface area contributed by atoms with E-state index >= 15 is 0 Å². The number of nitrogens with two attached hydrogens (primary N) is 1. The van der Waals surface area contributed by atoms with E-state index in [-0.39, 0.29) is 0 Å². The number of nitrogens with zero attached hydrogens (tertiary/aromatic N) is 1. The number of rotatable bonds is 9. The van der Waals surface area contributed by atoms with Crippen LogP contribution in [0.15, 0.2) is 30.3 Å². The number of unbranched alkanes of at least 4 members (excludes halogenated alkanes) is 3. The molecule has 0 heterocycles. The van der Waals surface area contributed by atoms with Gasteiger partial charge in [-0.1, -0.05) is 44.4 Å². The molecule has 1 aromatic rings. The summed E-state index contributed by atoms with van der Waals surface area (Å²) >= 11 is 0. The Kier molecular flexibility index (Phi) is 7.48. The van der Waals surface area contributed by atoms with Crippen LogP contribution >= 0.6 is 0 Å². The predicted molar refractivity (Wildman–Crippen MR) is 76.5 cm³/mol. The Balaban J connectivity index is 2.43. The van der Waals surface area contributed by atoms with Gasteiger partial charge in [0, 0.05) is 18.8 Å². The van der Waals surface area contributed by atoms with Crippen LogP contribution in [0.4, 0.5) is 5.69 Å². The van der Waals surface area contributed by atoms with E-state index in [9.17, 15) is 0 Å². The van der Waals surface area contributed by atoms with Crippen LogP contribution in [0.3, 0.4) is 0 Å². The summed E-state index contributed by atoms with van der Waals surface area (Å²) in [7, 11) is 0. The maximum Gasteiger partial charge on any atom is 0.0366 e. The van der Waals surface area contributed by atoms with Crippen molar-refractivity contribution in [3.63, 3.8) is 0 Å². The van der Waals surface area contributed by atoms with Crippen molar-refractivity contribution in [3.8, 4) is 0 Å². The molecule has 0 amide bonds. The fraction of sp³-hybridized carbons (Fsp3) is 0.600. The van der Waals surface area contributed by atoms with Gasteiger partial charge in [-0.3, -0.25) is 0 Å². The van der Waals surface area contributed by atoms with Crippen LogP contribution in [0.25, 0.3) is 0 Å². The summed E-state index contributed by atoms with van der Waals surface area (Å²) in [5.74, 6) is 0. The average molecular weight is 234 g/mol. The zero-order valence-electron chi connectivity index (χ0n) is 11.1. The molecule has 2 heteroatoms. The third-order valence-corrected chi connectivity index (χ3v) is 3.04. The quantitative estimate of drug-likeness (QED) is 0.663. The van der Waals surface area contributed by atoms with Crippen molar-refractivity contribution in [2.24, 2.45) is 5.73 Å². The molecule has 0 aliphatic carbocycles. The number of para-hydroxylation sites is 1. The Bertz CT molecular complexity index is 272. The van der Waals surface area contributed by atoms with E-state index in [4.69, 9.17) is 5.73 Å². The van der Waals surface area contributed by atoms with Crippen LogP contribution in [0.2, 0.25) is 0 Å². The van der Waals surface area contributed by atoms with Gasteiger partial charge >= 0.3 is 0 Å². The van der Waals surface area contributed by atoms with E-state index in [2.05, 4.69) is 42.2 Å². The Hall–Kier alpha value is -1.02. The van der Waals surface area contributed by atoms with E-state index in [0.717, 1.165) is 26.1 Å². The fourth-order valence-electron chi connectivity index (χ4n) is 2.02. The summed E-state index contributed by atoms with van der Waals surface area (Å²) in [4.78, 5) is 2.46. The van der Waals surface area contributed by atoms with Crippen LogP contribution < -0.4 is 10.6 Å². The van der Waals surface area contributed by atoms with Crippen molar-refractivity contribution in [2.75, 3.05) is 24.5 Å². The van der Waals surface area contributed by atoms with Gasteiger partial charge in [-0.25, -0.2) is 0 Å². The van der Waals surface area contributed by atoms with Crippen LogP contribution in [0.5, 0.6) is 0 Å². The zero-order valence-corrected chi connectivity index (χ0v) is 11.1. The molecule has 2 nitrogen and oxygen atoms in total. The summed E-state index contributed by atoms with van der Waals surface area (Å²) in [6.07, 6.45) is 6.34. The number of benzene rings is 1. The lowest BCUT2D eigenvalue weighted by molar-refractivity contribution is 0.634. The summed E-state index contributed by atoms with van der Waals surface area (Å²) < 4.78 is 0. The van der Waals surface area contributed by atoms with Crippen molar-refractivity contribution < 1.29 is 0 Å². The van der Waals surface area contributed by atoms with Crippen molar-refractivity contribution in [1.82, 2.24) is 0 Å². The molecule has 0 atom stereocenters. The highest BCUT2D eigenvalue weighted by atomic mass is 15.1. The summed E-state index contributed by atoms with van der Waals surface area (Å²) in [6, 6.07) is 10.7. The predicted octanol–water partition coefficient (Wildman–Crippen LogP) is 3.42. The van der Waals surface area contributed by atoms with E-state index in [1.54, 1.807) is 0 Å². The lowest BCUT2D eigenvalue weighted by Crippen LogP contribution is -2.27. The van der Waals surface area contributed by atoms with Gasteiger partial charge in [0.15, 0.2) is 0 Å². The normalized spacial score (nSPS) is 10.5. The molecule has 0 radical (unpaired) electrons. The topological polar surface area (TPSA) is 29.3 Å². The molecular formula is C15H26N2. The van der Waals surface area contributed by atoms with Crippen molar-refractivity contribution >= 4 is 5.69 Å². The molecule has 0 unspecified atom stereocenters. The van der Waals surface area contributed by atoms with Gasteiger partial charge in [-0.15, -0.1) is 0 Å². The van der Waals surface area contributed by atoms with E-state index in [1.807, 2.05) is 0 Å². The number of anilines is 1.